The van der Waals surface area contributed by atoms with Crippen molar-refractivity contribution in [3.05, 3.63) is 74.4 Å². The number of furan rings is 1. The molecule has 0 bridgehead atoms. The maximum absolute atomic E-state index is 11.9. The topological polar surface area (TPSA) is 125 Å². The molecule has 10 nitrogen and oxygen atoms in total. The van der Waals surface area contributed by atoms with Crippen LogP contribution in [0.15, 0.2) is 56.9 Å². The van der Waals surface area contributed by atoms with Crippen LogP contribution in [0, 0.1) is 10.1 Å². The van der Waals surface area contributed by atoms with Crippen LogP contribution >= 0.6 is 15.9 Å². The van der Waals surface area contributed by atoms with Gasteiger partial charge in [-0.3, -0.25) is 19.6 Å². The van der Waals surface area contributed by atoms with Crippen molar-refractivity contribution in [2.75, 3.05) is 7.11 Å². The van der Waals surface area contributed by atoms with Gasteiger partial charge in [-0.25, -0.2) is 5.43 Å². The smallest absolute Gasteiger partial charge is 0.307 e. The molecule has 28 heavy (non-hydrogen) atoms. The summed E-state index contributed by atoms with van der Waals surface area (Å²) in [6.45, 7) is 0.269. The second-order valence-corrected chi connectivity index (χ2v) is 6.31. The fourth-order valence-electron chi connectivity index (χ4n) is 2.37. The zero-order chi connectivity index (χ0) is 20.1. The third-order valence-electron chi connectivity index (χ3n) is 3.64. The van der Waals surface area contributed by atoms with Crippen LogP contribution in [0.1, 0.15) is 21.7 Å². The molecule has 1 aromatic carbocycles. The highest BCUT2D eigenvalue weighted by Crippen LogP contribution is 2.21. The highest BCUT2D eigenvalue weighted by atomic mass is 79.9. The van der Waals surface area contributed by atoms with E-state index in [1.54, 1.807) is 24.3 Å². The Kier molecular flexibility index (Phi) is 5.84. The van der Waals surface area contributed by atoms with Crippen molar-refractivity contribution in [2.24, 2.45) is 5.10 Å². The second kappa shape index (κ2) is 8.48. The lowest BCUT2D eigenvalue weighted by atomic mass is 10.1. The molecule has 2 heterocycles. The number of hydrogen-bond donors (Lipinski definition) is 1. The Morgan fingerprint density at radius 2 is 2.29 bits per heavy atom. The first-order chi connectivity index (χ1) is 13.5. The molecule has 3 rings (SSSR count). The number of nitro groups is 1. The van der Waals surface area contributed by atoms with Gasteiger partial charge in [0, 0.05) is 5.56 Å². The van der Waals surface area contributed by atoms with Crippen LogP contribution in [0.4, 0.5) is 5.69 Å². The number of carbonyl (C=O) groups excluding carboxylic acids is 1. The molecular formula is C17H14BrN5O5. The number of amides is 1. The summed E-state index contributed by atoms with van der Waals surface area (Å²) in [7, 11) is 1.53. The Morgan fingerprint density at radius 3 is 2.93 bits per heavy atom. The summed E-state index contributed by atoms with van der Waals surface area (Å²) in [5, 5.41) is 18.7. The standard InChI is InChI=1S/C17H14BrN5O5/c1-27-14-3-2-11(7-19-21-17(24)15-4-5-16(18)28-15)6-12(14)9-22-10-13(8-20-22)23(25)26/h2-8,10H,9H2,1H3,(H,21,24)/b19-7-. The largest absolute Gasteiger partial charge is 0.496 e. The first-order valence-corrected chi connectivity index (χ1v) is 8.68. The van der Waals surface area contributed by atoms with E-state index in [-0.39, 0.29) is 18.0 Å². The summed E-state index contributed by atoms with van der Waals surface area (Å²) in [5.41, 5.74) is 3.71. The predicted molar refractivity (Wildman–Crippen MR) is 102 cm³/mol. The Morgan fingerprint density at radius 1 is 1.46 bits per heavy atom. The molecule has 144 valence electrons. The van der Waals surface area contributed by atoms with E-state index in [2.05, 4.69) is 31.6 Å². The average Bonchev–Trinajstić information content (AvgIpc) is 3.31. The van der Waals surface area contributed by atoms with Crippen LogP contribution in [0.3, 0.4) is 0 Å². The van der Waals surface area contributed by atoms with Gasteiger partial charge in [-0.2, -0.15) is 10.2 Å². The number of hydrogen-bond acceptors (Lipinski definition) is 7. The predicted octanol–water partition coefficient (Wildman–Crippen LogP) is 2.97. The fourth-order valence-corrected chi connectivity index (χ4v) is 2.67. The van der Waals surface area contributed by atoms with Gasteiger partial charge in [-0.15, -0.1) is 0 Å². The second-order valence-electron chi connectivity index (χ2n) is 5.53. The molecule has 11 heteroatoms. The van der Waals surface area contributed by atoms with Crippen molar-refractivity contribution in [3.63, 3.8) is 0 Å². The maximum atomic E-state index is 11.9. The number of aromatic nitrogens is 2. The molecule has 0 aliphatic carbocycles. The molecule has 0 saturated heterocycles. The first kappa shape index (κ1) is 19.3. The molecule has 0 saturated carbocycles. The molecule has 0 atom stereocenters. The third-order valence-corrected chi connectivity index (χ3v) is 4.07. The van der Waals surface area contributed by atoms with Gasteiger partial charge in [0.05, 0.1) is 24.8 Å². The van der Waals surface area contributed by atoms with Gasteiger partial charge in [0.2, 0.25) is 0 Å². The lowest BCUT2D eigenvalue weighted by Crippen LogP contribution is -2.16. The minimum Gasteiger partial charge on any atom is -0.496 e. The zero-order valence-corrected chi connectivity index (χ0v) is 16.1. The number of nitrogens with one attached hydrogen (secondary N) is 1. The molecule has 0 spiro atoms. The number of ether oxygens (including phenoxy) is 1. The average molecular weight is 448 g/mol. The van der Waals surface area contributed by atoms with E-state index >= 15 is 0 Å². The third kappa shape index (κ3) is 4.62. The summed E-state index contributed by atoms with van der Waals surface area (Å²) in [6.07, 6.45) is 3.98. The number of halogens is 1. The highest BCUT2D eigenvalue weighted by molar-refractivity contribution is 9.10. The molecule has 0 aliphatic heterocycles. The lowest BCUT2D eigenvalue weighted by molar-refractivity contribution is -0.385. The molecule has 0 fully saturated rings. The van der Waals surface area contributed by atoms with E-state index in [0.29, 0.717) is 16.0 Å². The fraction of sp³-hybridized carbons (Fsp3) is 0.118. The van der Waals surface area contributed by atoms with Crippen LogP contribution in [0.5, 0.6) is 5.75 Å². The van der Waals surface area contributed by atoms with Gasteiger partial charge in [0.25, 0.3) is 0 Å². The number of methoxy groups -OCH3 is 1. The first-order valence-electron chi connectivity index (χ1n) is 7.89. The SMILES string of the molecule is COc1ccc(/C=N\NC(=O)c2ccc(Br)o2)cc1Cn1cc([N+](=O)[O-])cn1. The van der Waals surface area contributed by atoms with E-state index in [9.17, 15) is 14.9 Å². The molecule has 0 aliphatic rings. The van der Waals surface area contributed by atoms with Crippen molar-refractivity contribution in [3.8, 4) is 5.75 Å². The Balaban J connectivity index is 1.72. The molecular weight excluding hydrogens is 434 g/mol. The molecule has 1 amide bonds. The van der Waals surface area contributed by atoms with Crippen molar-refractivity contribution >= 4 is 33.7 Å². The molecule has 2 aromatic heterocycles. The van der Waals surface area contributed by atoms with Crippen LogP contribution in [-0.2, 0) is 6.54 Å². The van der Waals surface area contributed by atoms with Gasteiger partial charge < -0.3 is 9.15 Å². The summed E-state index contributed by atoms with van der Waals surface area (Å²) < 4.78 is 12.3. The van der Waals surface area contributed by atoms with Crippen molar-refractivity contribution in [2.45, 2.75) is 6.54 Å². The number of carbonyl (C=O) groups is 1. The minimum atomic E-state index is -0.510. The Bertz CT molecular complexity index is 1040. The van der Waals surface area contributed by atoms with Gasteiger partial charge in [0.15, 0.2) is 10.4 Å². The zero-order valence-electron chi connectivity index (χ0n) is 14.5. The van der Waals surface area contributed by atoms with Gasteiger partial charge >= 0.3 is 11.6 Å². The monoisotopic (exact) mass is 447 g/mol. The summed E-state index contributed by atoms with van der Waals surface area (Å²) in [6, 6.07) is 8.40. The van der Waals surface area contributed by atoms with E-state index in [0.717, 1.165) is 5.56 Å². The van der Waals surface area contributed by atoms with Crippen LogP contribution in [0.2, 0.25) is 0 Å². The van der Waals surface area contributed by atoms with Gasteiger partial charge in [-0.1, -0.05) is 0 Å². The maximum Gasteiger partial charge on any atom is 0.307 e. The van der Waals surface area contributed by atoms with E-state index in [1.807, 2.05) is 0 Å². The van der Waals surface area contributed by atoms with E-state index in [1.165, 1.54) is 36.5 Å². The Hall–Kier alpha value is -3.47. The van der Waals surface area contributed by atoms with Crippen LogP contribution < -0.4 is 10.2 Å². The number of rotatable bonds is 7. The van der Waals surface area contributed by atoms with Crippen LogP contribution in [0.25, 0.3) is 0 Å². The van der Waals surface area contributed by atoms with Crippen LogP contribution in [-0.4, -0.2) is 33.9 Å². The number of hydrazone groups is 1. The van der Waals surface area contributed by atoms with Crippen molar-refractivity contribution in [1.29, 1.82) is 0 Å². The normalized spacial score (nSPS) is 10.9. The summed E-state index contributed by atoms with van der Waals surface area (Å²) in [4.78, 5) is 22.2. The van der Waals surface area contributed by atoms with Crippen molar-refractivity contribution < 1.29 is 18.9 Å². The number of benzene rings is 1. The lowest BCUT2D eigenvalue weighted by Gasteiger charge is -2.09. The number of nitrogens with zero attached hydrogens (tertiary/aromatic N) is 4. The summed E-state index contributed by atoms with van der Waals surface area (Å²) in [5.74, 6) is 0.235. The highest BCUT2D eigenvalue weighted by Gasteiger charge is 2.12. The molecule has 0 unspecified atom stereocenters. The molecule has 0 radical (unpaired) electrons. The Labute approximate surface area is 167 Å². The van der Waals surface area contributed by atoms with Gasteiger partial charge in [0.1, 0.15) is 18.1 Å². The van der Waals surface area contributed by atoms with E-state index in [4.69, 9.17) is 9.15 Å². The minimum absolute atomic E-state index is 0.0936. The van der Waals surface area contributed by atoms with Crippen molar-refractivity contribution in [1.82, 2.24) is 15.2 Å². The van der Waals surface area contributed by atoms with E-state index < -0.39 is 10.8 Å². The summed E-state index contributed by atoms with van der Waals surface area (Å²) >= 11 is 3.12. The molecule has 1 N–H and O–H groups in total. The molecule has 3 aromatic rings. The quantitative estimate of drug-likeness (QED) is 0.337. The van der Waals surface area contributed by atoms with Gasteiger partial charge in [-0.05, 0) is 51.8 Å².